The van der Waals surface area contributed by atoms with Gasteiger partial charge in [-0.3, -0.25) is 0 Å². The lowest BCUT2D eigenvalue weighted by Gasteiger charge is -2.01. The second kappa shape index (κ2) is 3.23. The molecule has 0 saturated carbocycles. The van der Waals surface area contributed by atoms with Crippen molar-refractivity contribution in [3.63, 3.8) is 0 Å². The Balaban J connectivity index is 2.55. The summed E-state index contributed by atoms with van der Waals surface area (Å²) in [4.78, 5) is 0. The maximum Gasteiger partial charge on any atom is 0.0610 e. The van der Waals surface area contributed by atoms with E-state index >= 15 is 0 Å². The molecule has 1 aromatic heterocycles. The fourth-order valence-corrected chi connectivity index (χ4v) is 1.55. The van der Waals surface area contributed by atoms with Crippen molar-refractivity contribution in [1.82, 2.24) is 4.57 Å². The van der Waals surface area contributed by atoms with Crippen LogP contribution in [0.5, 0.6) is 0 Å². The fraction of sp³-hybridized carbons (Fsp3) is 0.273. The van der Waals surface area contributed by atoms with Gasteiger partial charge in [0, 0.05) is 18.3 Å². The molecule has 0 atom stereocenters. The van der Waals surface area contributed by atoms with E-state index in [0.29, 0.717) is 6.54 Å². The zero-order valence-electron chi connectivity index (χ0n) is 7.62. The third-order valence-electron chi connectivity index (χ3n) is 2.19. The summed E-state index contributed by atoms with van der Waals surface area (Å²) in [6, 6.07) is 9.29. The minimum absolute atomic E-state index is 0.178. The topological polar surface area (TPSA) is 25.2 Å². The van der Waals surface area contributed by atoms with E-state index in [1.807, 2.05) is 23.8 Å². The number of aryl methyl sites for hydroxylation is 1. The zero-order chi connectivity index (χ0) is 9.26. The third kappa shape index (κ3) is 1.45. The monoisotopic (exact) mass is 174 g/mol. The molecule has 0 fully saturated rings. The molecule has 1 radical (unpaired) electrons. The molecule has 13 heavy (non-hydrogen) atoms. The molecule has 0 unspecified atom stereocenters. The first-order valence-electron chi connectivity index (χ1n) is 4.39. The average Bonchev–Trinajstić information content (AvgIpc) is 2.49. The highest BCUT2D eigenvalue weighted by molar-refractivity contribution is 5.80. The summed E-state index contributed by atoms with van der Waals surface area (Å²) in [6.07, 6.45) is 1.99. The van der Waals surface area contributed by atoms with Crippen LogP contribution < -0.4 is 0 Å². The van der Waals surface area contributed by atoms with Gasteiger partial charge >= 0.3 is 0 Å². The molecule has 2 aromatic rings. The van der Waals surface area contributed by atoms with Gasteiger partial charge in [0.15, 0.2) is 0 Å². The summed E-state index contributed by atoms with van der Waals surface area (Å²) < 4.78 is 2.03. The van der Waals surface area contributed by atoms with Gasteiger partial charge in [0.2, 0.25) is 0 Å². The van der Waals surface area contributed by atoms with Crippen molar-refractivity contribution in [2.45, 2.75) is 13.5 Å². The Bertz CT molecular complexity index is 417. The molecular weight excluding hydrogens is 162 g/mol. The largest absolute Gasteiger partial charge is 0.395 e. The molecule has 0 bridgehead atoms. The summed E-state index contributed by atoms with van der Waals surface area (Å²) in [5, 5.41) is 10.0. The van der Waals surface area contributed by atoms with Crippen molar-refractivity contribution in [2.75, 3.05) is 6.61 Å². The SMILES string of the molecule is Cc1[c]cc2c(ccn2CCO)c1. The molecule has 0 aliphatic heterocycles. The van der Waals surface area contributed by atoms with Gasteiger partial charge in [-0.2, -0.15) is 0 Å². The van der Waals surface area contributed by atoms with Gasteiger partial charge in [-0.05, 0) is 42.1 Å². The molecule has 0 aliphatic rings. The first-order valence-corrected chi connectivity index (χ1v) is 4.39. The quantitative estimate of drug-likeness (QED) is 0.737. The summed E-state index contributed by atoms with van der Waals surface area (Å²) in [5.41, 5.74) is 2.29. The summed E-state index contributed by atoms with van der Waals surface area (Å²) in [5.74, 6) is 0. The second-order valence-electron chi connectivity index (χ2n) is 3.19. The van der Waals surface area contributed by atoms with Gasteiger partial charge in [0.05, 0.1) is 6.61 Å². The second-order valence-corrected chi connectivity index (χ2v) is 3.19. The van der Waals surface area contributed by atoms with E-state index in [9.17, 15) is 0 Å². The van der Waals surface area contributed by atoms with Gasteiger partial charge in [0.25, 0.3) is 0 Å². The van der Waals surface area contributed by atoms with Crippen molar-refractivity contribution in [2.24, 2.45) is 0 Å². The number of hydrogen-bond acceptors (Lipinski definition) is 1. The zero-order valence-corrected chi connectivity index (χ0v) is 7.62. The number of fused-ring (bicyclic) bond motifs is 1. The molecule has 1 N–H and O–H groups in total. The van der Waals surface area contributed by atoms with Crippen LogP contribution in [-0.2, 0) is 6.54 Å². The third-order valence-corrected chi connectivity index (χ3v) is 2.19. The van der Waals surface area contributed by atoms with E-state index in [0.717, 1.165) is 11.1 Å². The first-order chi connectivity index (χ1) is 6.31. The van der Waals surface area contributed by atoms with Gasteiger partial charge in [-0.25, -0.2) is 0 Å². The van der Waals surface area contributed by atoms with Crippen molar-refractivity contribution < 1.29 is 5.11 Å². The highest BCUT2D eigenvalue weighted by atomic mass is 16.3. The van der Waals surface area contributed by atoms with E-state index in [-0.39, 0.29) is 6.61 Å². The maximum absolute atomic E-state index is 8.82. The molecule has 67 valence electrons. The fourth-order valence-electron chi connectivity index (χ4n) is 1.55. The van der Waals surface area contributed by atoms with Gasteiger partial charge < -0.3 is 9.67 Å². The molecule has 0 spiro atoms. The molecular formula is C11H12NO. The average molecular weight is 174 g/mol. The van der Waals surface area contributed by atoms with Crippen LogP contribution in [-0.4, -0.2) is 16.3 Å². The Morgan fingerprint density at radius 2 is 2.38 bits per heavy atom. The lowest BCUT2D eigenvalue weighted by Crippen LogP contribution is -1.99. The number of benzene rings is 1. The Morgan fingerprint density at radius 3 is 3.15 bits per heavy atom. The van der Waals surface area contributed by atoms with Crippen LogP contribution in [0.15, 0.2) is 24.4 Å². The first kappa shape index (κ1) is 8.32. The predicted molar refractivity (Wildman–Crippen MR) is 52.6 cm³/mol. The number of nitrogens with zero attached hydrogens (tertiary/aromatic N) is 1. The molecule has 1 aromatic carbocycles. The Hall–Kier alpha value is -1.28. The van der Waals surface area contributed by atoms with E-state index in [4.69, 9.17) is 5.11 Å². The lowest BCUT2D eigenvalue weighted by atomic mass is 10.2. The smallest absolute Gasteiger partial charge is 0.0610 e. The molecule has 0 saturated heterocycles. The van der Waals surface area contributed by atoms with Crippen LogP contribution in [0.4, 0.5) is 0 Å². The van der Waals surface area contributed by atoms with E-state index in [1.54, 1.807) is 0 Å². The van der Waals surface area contributed by atoms with Crippen LogP contribution in [0.3, 0.4) is 0 Å². The Morgan fingerprint density at radius 1 is 1.54 bits per heavy atom. The van der Waals surface area contributed by atoms with Crippen LogP contribution >= 0.6 is 0 Å². The van der Waals surface area contributed by atoms with Crippen LogP contribution in [0.2, 0.25) is 0 Å². The highest BCUT2D eigenvalue weighted by Gasteiger charge is 1.99. The van der Waals surface area contributed by atoms with Gasteiger partial charge in [0.1, 0.15) is 0 Å². The predicted octanol–water partition coefficient (Wildman–Crippen LogP) is 1.74. The number of aliphatic hydroxyl groups excluding tert-OH is 1. The number of hydrogen-bond donors (Lipinski definition) is 1. The van der Waals surface area contributed by atoms with Crippen molar-refractivity contribution in [3.05, 3.63) is 36.0 Å². The highest BCUT2D eigenvalue weighted by Crippen LogP contribution is 2.16. The number of aromatic nitrogens is 1. The van der Waals surface area contributed by atoms with E-state index < -0.39 is 0 Å². The van der Waals surface area contributed by atoms with Crippen LogP contribution in [0.1, 0.15) is 5.56 Å². The minimum Gasteiger partial charge on any atom is -0.395 e. The number of aliphatic hydroxyl groups is 1. The maximum atomic E-state index is 8.82. The van der Waals surface area contributed by atoms with Gasteiger partial charge in [-0.15, -0.1) is 0 Å². The minimum atomic E-state index is 0.178. The molecule has 2 heteroatoms. The van der Waals surface area contributed by atoms with E-state index in [1.165, 1.54) is 5.39 Å². The van der Waals surface area contributed by atoms with Crippen molar-refractivity contribution >= 4 is 10.9 Å². The van der Waals surface area contributed by atoms with Crippen LogP contribution in [0.25, 0.3) is 10.9 Å². The molecule has 1 heterocycles. The molecule has 0 amide bonds. The Labute approximate surface area is 77.4 Å². The van der Waals surface area contributed by atoms with E-state index in [2.05, 4.69) is 18.2 Å². The molecule has 2 rings (SSSR count). The van der Waals surface area contributed by atoms with Crippen molar-refractivity contribution in [1.29, 1.82) is 0 Å². The Kier molecular flexibility index (Phi) is 2.07. The molecule has 2 nitrogen and oxygen atoms in total. The summed E-state index contributed by atoms with van der Waals surface area (Å²) in [6.45, 7) is 2.86. The summed E-state index contributed by atoms with van der Waals surface area (Å²) >= 11 is 0. The lowest BCUT2D eigenvalue weighted by molar-refractivity contribution is 0.278. The standard InChI is InChI=1S/C11H12NO/c1-9-2-3-11-10(8-9)4-5-12(11)6-7-13/h3-5,8,13H,6-7H2,1H3. The van der Waals surface area contributed by atoms with Gasteiger partial charge in [-0.1, -0.05) is 0 Å². The summed E-state index contributed by atoms with van der Waals surface area (Å²) in [7, 11) is 0. The number of rotatable bonds is 2. The van der Waals surface area contributed by atoms with Crippen LogP contribution in [0, 0.1) is 13.0 Å². The van der Waals surface area contributed by atoms with Crippen molar-refractivity contribution in [3.8, 4) is 0 Å². The normalized spacial score (nSPS) is 10.9. The molecule has 0 aliphatic carbocycles.